The normalized spacial score (nSPS) is 10.4. The molecule has 0 aliphatic heterocycles. The Morgan fingerprint density at radius 2 is 2.29 bits per heavy atom. The lowest BCUT2D eigenvalue weighted by Crippen LogP contribution is -1.95. The number of nitrogens with zero attached hydrogens (tertiary/aromatic N) is 2. The first-order valence-corrected chi connectivity index (χ1v) is 4.25. The van der Waals surface area contributed by atoms with Crippen LogP contribution in [0.2, 0.25) is 0 Å². The van der Waals surface area contributed by atoms with Gasteiger partial charge in [-0.05, 0) is 19.1 Å². The Morgan fingerprint density at radius 3 is 2.93 bits per heavy atom. The van der Waals surface area contributed by atoms with E-state index in [0.29, 0.717) is 11.6 Å². The predicted molar refractivity (Wildman–Crippen MR) is 51.9 cm³/mol. The molecular weight excluding hydrogens is 180 g/mol. The molecule has 0 saturated carbocycles. The molecule has 0 aromatic carbocycles. The van der Waals surface area contributed by atoms with Gasteiger partial charge in [-0.1, -0.05) is 6.07 Å². The Kier molecular flexibility index (Phi) is 1.96. The largest absolute Gasteiger partial charge is 0.482 e. The van der Waals surface area contributed by atoms with Crippen LogP contribution in [0.15, 0.2) is 18.2 Å². The van der Waals surface area contributed by atoms with Gasteiger partial charge in [0.05, 0.1) is 12.6 Å². The van der Waals surface area contributed by atoms with Crippen molar-refractivity contribution in [2.75, 3.05) is 7.11 Å². The van der Waals surface area contributed by atoms with Crippen LogP contribution in [0.25, 0.3) is 5.52 Å². The van der Waals surface area contributed by atoms with Crippen LogP contribution in [0.1, 0.15) is 16.3 Å². The summed E-state index contributed by atoms with van der Waals surface area (Å²) in [5.41, 5.74) is 1.22. The molecule has 4 heteroatoms. The van der Waals surface area contributed by atoms with Crippen molar-refractivity contribution in [1.29, 1.82) is 0 Å². The zero-order chi connectivity index (χ0) is 10.1. The number of methoxy groups -OCH3 is 1. The third-order valence-corrected chi connectivity index (χ3v) is 2.14. The molecule has 14 heavy (non-hydrogen) atoms. The van der Waals surface area contributed by atoms with E-state index in [0.717, 1.165) is 17.6 Å². The zero-order valence-corrected chi connectivity index (χ0v) is 8.02. The van der Waals surface area contributed by atoms with Gasteiger partial charge in [0.2, 0.25) is 0 Å². The van der Waals surface area contributed by atoms with E-state index in [9.17, 15) is 4.79 Å². The average molecular weight is 190 g/mol. The molecule has 0 unspecified atom stereocenters. The monoisotopic (exact) mass is 190 g/mol. The van der Waals surface area contributed by atoms with Crippen molar-refractivity contribution in [2.45, 2.75) is 6.92 Å². The Balaban J connectivity index is 2.87. The van der Waals surface area contributed by atoms with Gasteiger partial charge in [0.15, 0.2) is 12.2 Å². The minimum absolute atomic E-state index is 0.446. The number of pyridine rings is 1. The molecule has 0 N–H and O–H groups in total. The number of ether oxygens (including phenoxy) is 1. The number of hydrogen-bond donors (Lipinski definition) is 0. The first-order valence-electron chi connectivity index (χ1n) is 4.25. The predicted octanol–water partition coefficient (Wildman–Crippen LogP) is 1.46. The molecule has 0 aliphatic rings. The van der Waals surface area contributed by atoms with E-state index in [1.54, 1.807) is 7.11 Å². The number of carbonyl (C=O) groups is 1. The van der Waals surface area contributed by atoms with Crippen LogP contribution in [0.3, 0.4) is 0 Å². The number of aldehydes is 1. The van der Waals surface area contributed by atoms with Gasteiger partial charge in [0.1, 0.15) is 11.5 Å². The van der Waals surface area contributed by atoms with E-state index in [-0.39, 0.29) is 0 Å². The molecule has 0 aliphatic carbocycles. The van der Waals surface area contributed by atoms with Crippen molar-refractivity contribution in [2.24, 2.45) is 0 Å². The molecular formula is C10H10N2O2. The molecule has 2 rings (SSSR count). The number of imidazole rings is 1. The first kappa shape index (κ1) is 8.74. The standard InChI is InChI=1S/C10H10N2O2/c1-7-11-8(6-13)9-4-3-5-10(14-2)12(7)9/h3-6H,1-2H3. The van der Waals surface area contributed by atoms with Gasteiger partial charge < -0.3 is 4.74 Å². The van der Waals surface area contributed by atoms with E-state index in [4.69, 9.17) is 4.74 Å². The van der Waals surface area contributed by atoms with Gasteiger partial charge in [-0.3, -0.25) is 9.20 Å². The highest BCUT2D eigenvalue weighted by atomic mass is 16.5. The van der Waals surface area contributed by atoms with Gasteiger partial charge in [-0.2, -0.15) is 0 Å². The Bertz CT molecular complexity index is 488. The van der Waals surface area contributed by atoms with Gasteiger partial charge in [-0.25, -0.2) is 4.98 Å². The molecule has 2 aromatic rings. The lowest BCUT2D eigenvalue weighted by Gasteiger charge is -2.04. The third-order valence-electron chi connectivity index (χ3n) is 2.14. The Morgan fingerprint density at radius 1 is 1.50 bits per heavy atom. The molecule has 0 bridgehead atoms. The summed E-state index contributed by atoms with van der Waals surface area (Å²) >= 11 is 0. The van der Waals surface area contributed by atoms with Gasteiger partial charge in [0.25, 0.3) is 0 Å². The van der Waals surface area contributed by atoms with Crippen LogP contribution in [-0.2, 0) is 0 Å². The van der Waals surface area contributed by atoms with Crippen LogP contribution in [0.4, 0.5) is 0 Å². The maximum Gasteiger partial charge on any atom is 0.199 e. The quantitative estimate of drug-likeness (QED) is 0.673. The number of carbonyl (C=O) groups excluding carboxylic acids is 1. The molecule has 0 fully saturated rings. The van der Waals surface area contributed by atoms with E-state index < -0.39 is 0 Å². The van der Waals surface area contributed by atoms with Crippen molar-refractivity contribution in [3.8, 4) is 5.88 Å². The highest BCUT2D eigenvalue weighted by Gasteiger charge is 2.09. The molecule has 72 valence electrons. The highest BCUT2D eigenvalue weighted by Crippen LogP contribution is 2.18. The summed E-state index contributed by atoms with van der Waals surface area (Å²) in [4.78, 5) is 14.8. The number of hydrogen-bond acceptors (Lipinski definition) is 3. The second-order valence-electron chi connectivity index (χ2n) is 2.95. The summed E-state index contributed by atoms with van der Waals surface area (Å²) in [7, 11) is 1.59. The maximum atomic E-state index is 10.7. The summed E-state index contributed by atoms with van der Waals surface area (Å²) in [5.74, 6) is 1.43. The summed E-state index contributed by atoms with van der Waals surface area (Å²) < 4.78 is 6.98. The third kappa shape index (κ3) is 1.08. The van der Waals surface area contributed by atoms with Crippen LogP contribution < -0.4 is 4.74 Å². The maximum absolute atomic E-state index is 10.7. The van der Waals surface area contributed by atoms with Crippen molar-refractivity contribution >= 4 is 11.8 Å². The van der Waals surface area contributed by atoms with Crippen LogP contribution in [0, 0.1) is 6.92 Å². The summed E-state index contributed by atoms with van der Waals surface area (Å²) in [6, 6.07) is 5.50. The fourth-order valence-corrected chi connectivity index (χ4v) is 1.55. The second-order valence-corrected chi connectivity index (χ2v) is 2.95. The number of aromatic nitrogens is 2. The molecule has 0 spiro atoms. The van der Waals surface area contributed by atoms with Crippen LogP contribution in [0.5, 0.6) is 5.88 Å². The molecule has 2 aromatic heterocycles. The SMILES string of the molecule is COc1cccc2c(C=O)nc(C)n12. The topological polar surface area (TPSA) is 43.6 Å². The molecule has 0 radical (unpaired) electrons. The van der Waals surface area contributed by atoms with Crippen LogP contribution >= 0.6 is 0 Å². The van der Waals surface area contributed by atoms with Crippen molar-refractivity contribution in [3.63, 3.8) is 0 Å². The number of rotatable bonds is 2. The van der Waals surface area contributed by atoms with E-state index in [1.807, 2.05) is 29.5 Å². The van der Waals surface area contributed by atoms with E-state index in [1.165, 1.54) is 0 Å². The summed E-state index contributed by atoms with van der Waals surface area (Å²) in [6.07, 6.45) is 0.752. The Hall–Kier alpha value is -1.84. The lowest BCUT2D eigenvalue weighted by molar-refractivity contribution is 0.112. The molecule has 2 heterocycles. The summed E-state index contributed by atoms with van der Waals surface area (Å²) in [5, 5.41) is 0. The fourth-order valence-electron chi connectivity index (χ4n) is 1.55. The molecule has 0 saturated heterocycles. The average Bonchev–Trinajstić information content (AvgIpc) is 2.55. The van der Waals surface area contributed by atoms with Crippen molar-refractivity contribution in [3.05, 3.63) is 29.7 Å². The lowest BCUT2D eigenvalue weighted by atomic mass is 10.3. The number of fused-ring (bicyclic) bond motifs is 1. The Labute approximate surface area is 81.1 Å². The van der Waals surface area contributed by atoms with Gasteiger partial charge in [-0.15, -0.1) is 0 Å². The van der Waals surface area contributed by atoms with E-state index >= 15 is 0 Å². The van der Waals surface area contributed by atoms with Crippen molar-refractivity contribution in [1.82, 2.24) is 9.38 Å². The minimum Gasteiger partial charge on any atom is -0.482 e. The van der Waals surface area contributed by atoms with Crippen molar-refractivity contribution < 1.29 is 9.53 Å². The fraction of sp³-hybridized carbons (Fsp3) is 0.200. The van der Waals surface area contributed by atoms with Crippen LogP contribution in [-0.4, -0.2) is 22.8 Å². The van der Waals surface area contributed by atoms with Gasteiger partial charge >= 0.3 is 0 Å². The zero-order valence-electron chi connectivity index (χ0n) is 8.02. The molecule has 0 atom stereocenters. The highest BCUT2D eigenvalue weighted by molar-refractivity contribution is 5.84. The number of aryl methyl sites for hydroxylation is 1. The summed E-state index contributed by atoms with van der Waals surface area (Å²) in [6.45, 7) is 1.84. The van der Waals surface area contributed by atoms with Gasteiger partial charge in [0, 0.05) is 0 Å². The smallest absolute Gasteiger partial charge is 0.199 e. The van der Waals surface area contributed by atoms with E-state index in [2.05, 4.69) is 4.98 Å². The first-order chi connectivity index (χ1) is 6.77. The molecule has 4 nitrogen and oxygen atoms in total. The molecule has 0 amide bonds. The minimum atomic E-state index is 0.446. The second kappa shape index (κ2) is 3.14.